The van der Waals surface area contributed by atoms with Crippen LogP contribution in [0.25, 0.3) is 0 Å². The van der Waals surface area contributed by atoms with Gasteiger partial charge in [0.1, 0.15) is 11.6 Å². The van der Waals surface area contributed by atoms with Crippen LogP contribution in [0.3, 0.4) is 0 Å². The van der Waals surface area contributed by atoms with E-state index < -0.39 is 5.91 Å². The molecule has 4 nitrogen and oxygen atoms in total. The van der Waals surface area contributed by atoms with Gasteiger partial charge in [-0.05, 0) is 42.0 Å². The number of nitrogens with two attached hydrogens (primary N) is 1. The maximum atomic E-state index is 13.7. The summed E-state index contributed by atoms with van der Waals surface area (Å²) in [7, 11) is 0. The molecule has 0 radical (unpaired) electrons. The lowest BCUT2D eigenvalue weighted by atomic mass is 10.1. The van der Waals surface area contributed by atoms with Crippen molar-refractivity contribution in [3.05, 3.63) is 59.4 Å². The van der Waals surface area contributed by atoms with Gasteiger partial charge in [-0.2, -0.15) is 0 Å². The number of halogens is 1. The molecule has 0 aliphatic carbocycles. The molecule has 0 bridgehead atoms. The molecule has 0 aliphatic heterocycles. The second-order valence-electron chi connectivity index (χ2n) is 4.07. The van der Waals surface area contributed by atoms with Gasteiger partial charge < -0.3 is 5.11 Å². The van der Waals surface area contributed by atoms with Gasteiger partial charge in [0.05, 0.1) is 0 Å². The van der Waals surface area contributed by atoms with E-state index in [1.807, 2.05) is 11.5 Å². The van der Waals surface area contributed by atoms with Gasteiger partial charge in [0, 0.05) is 16.2 Å². The van der Waals surface area contributed by atoms with E-state index in [0.29, 0.717) is 16.9 Å². The smallest absolute Gasteiger partial charge is 0.265 e. The predicted octanol–water partition coefficient (Wildman–Crippen LogP) is 2.43. The van der Waals surface area contributed by atoms with Crippen LogP contribution in [0.5, 0.6) is 5.75 Å². The van der Waals surface area contributed by atoms with Crippen molar-refractivity contribution in [3.8, 4) is 5.75 Å². The molecule has 0 saturated carbocycles. The number of phenols is 1. The summed E-state index contributed by atoms with van der Waals surface area (Å²) >= 11 is 1.37. The van der Waals surface area contributed by atoms with E-state index in [1.54, 1.807) is 18.2 Å². The molecular formula is C14H13FN2O2S. The molecule has 2 aromatic rings. The Bertz CT molecular complexity index is 634. The number of nitrogens with one attached hydrogen (secondary N) is 1. The predicted molar refractivity (Wildman–Crippen MR) is 75.7 cm³/mol. The van der Waals surface area contributed by atoms with Crippen LogP contribution < -0.4 is 11.3 Å². The standard InChI is InChI=1S/C14H13FN2O2S/c15-13-5-4-9(14(19)17-16)6-10(13)8-20-12-3-1-2-11(18)7-12/h1-7,18H,8,16H2,(H,17,19). The topological polar surface area (TPSA) is 75.3 Å². The number of benzene rings is 2. The minimum Gasteiger partial charge on any atom is -0.508 e. The summed E-state index contributed by atoms with van der Waals surface area (Å²) in [5.74, 6) is 4.71. The van der Waals surface area contributed by atoms with Crippen LogP contribution in [-0.4, -0.2) is 11.0 Å². The molecule has 0 spiro atoms. The van der Waals surface area contributed by atoms with Crippen LogP contribution in [0, 0.1) is 5.82 Å². The van der Waals surface area contributed by atoms with Crippen molar-refractivity contribution < 1.29 is 14.3 Å². The van der Waals surface area contributed by atoms with Gasteiger partial charge in [0.2, 0.25) is 0 Å². The lowest BCUT2D eigenvalue weighted by molar-refractivity contribution is 0.0953. The Morgan fingerprint density at radius 2 is 2.10 bits per heavy atom. The zero-order valence-electron chi connectivity index (χ0n) is 10.5. The van der Waals surface area contributed by atoms with Crippen molar-refractivity contribution in [2.24, 2.45) is 5.84 Å². The fraction of sp³-hybridized carbons (Fsp3) is 0.0714. The zero-order valence-corrected chi connectivity index (χ0v) is 11.3. The van der Waals surface area contributed by atoms with E-state index in [0.717, 1.165) is 4.90 Å². The minimum atomic E-state index is -0.464. The Kier molecular flexibility index (Phi) is 4.60. The third-order valence-corrected chi connectivity index (χ3v) is 3.69. The molecule has 0 saturated heterocycles. The maximum absolute atomic E-state index is 13.7. The number of phenolic OH excluding ortho intramolecular Hbond substituents is 1. The molecule has 0 heterocycles. The molecule has 1 amide bonds. The largest absolute Gasteiger partial charge is 0.508 e. The van der Waals surface area contributed by atoms with Crippen molar-refractivity contribution in [1.82, 2.24) is 5.43 Å². The summed E-state index contributed by atoms with van der Waals surface area (Å²) in [6.07, 6.45) is 0. The number of aromatic hydroxyl groups is 1. The van der Waals surface area contributed by atoms with Crippen molar-refractivity contribution in [1.29, 1.82) is 0 Å². The highest BCUT2D eigenvalue weighted by atomic mass is 32.2. The molecule has 6 heteroatoms. The summed E-state index contributed by atoms with van der Waals surface area (Å²) in [4.78, 5) is 12.2. The molecule has 2 rings (SSSR count). The number of amides is 1. The van der Waals surface area contributed by atoms with E-state index in [-0.39, 0.29) is 11.6 Å². The van der Waals surface area contributed by atoms with Crippen molar-refractivity contribution >= 4 is 17.7 Å². The summed E-state index contributed by atoms with van der Waals surface area (Å²) < 4.78 is 13.7. The third kappa shape index (κ3) is 3.49. The Morgan fingerprint density at radius 1 is 1.30 bits per heavy atom. The highest BCUT2D eigenvalue weighted by Gasteiger charge is 2.09. The monoisotopic (exact) mass is 292 g/mol. The molecule has 0 unspecified atom stereocenters. The Balaban J connectivity index is 2.14. The van der Waals surface area contributed by atoms with Crippen LogP contribution >= 0.6 is 11.8 Å². The van der Waals surface area contributed by atoms with Gasteiger partial charge in [0.15, 0.2) is 0 Å². The van der Waals surface area contributed by atoms with Crippen LogP contribution in [0.15, 0.2) is 47.4 Å². The fourth-order valence-corrected chi connectivity index (χ4v) is 2.57. The van der Waals surface area contributed by atoms with E-state index in [9.17, 15) is 14.3 Å². The molecule has 20 heavy (non-hydrogen) atoms. The number of rotatable bonds is 4. The van der Waals surface area contributed by atoms with Gasteiger partial charge in [-0.15, -0.1) is 11.8 Å². The first-order valence-electron chi connectivity index (χ1n) is 5.81. The van der Waals surface area contributed by atoms with Crippen LogP contribution in [0.1, 0.15) is 15.9 Å². The Morgan fingerprint density at radius 3 is 2.80 bits per heavy atom. The van der Waals surface area contributed by atoms with Crippen molar-refractivity contribution in [3.63, 3.8) is 0 Å². The Hall–Kier alpha value is -2.05. The lowest BCUT2D eigenvalue weighted by Crippen LogP contribution is -2.30. The lowest BCUT2D eigenvalue weighted by Gasteiger charge is -2.06. The van der Waals surface area contributed by atoms with Crippen LogP contribution in [0.4, 0.5) is 4.39 Å². The SMILES string of the molecule is NNC(=O)c1ccc(F)c(CSc2cccc(O)c2)c1. The van der Waals surface area contributed by atoms with Gasteiger partial charge in [-0.25, -0.2) is 10.2 Å². The third-order valence-electron chi connectivity index (χ3n) is 2.65. The summed E-state index contributed by atoms with van der Waals surface area (Å²) in [5, 5.41) is 9.36. The van der Waals surface area contributed by atoms with Gasteiger partial charge in [0.25, 0.3) is 5.91 Å². The summed E-state index contributed by atoms with van der Waals surface area (Å²) in [6, 6.07) is 10.8. The van der Waals surface area contributed by atoms with Crippen LogP contribution in [-0.2, 0) is 5.75 Å². The molecular weight excluding hydrogens is 279 g/mol. The number of carbonyl (C=O) groups excluding carboxylic acids is 1. The van der Waals surface area contributed by atoms with E-state index in [4.69, 9.17) is 5.84 Å². The number of hydrazine groups is 1. The normalized spacial score (nSPS) is 10.3. The molecule has 0 fully saturated rings. The first-order valence-corrected chi connectivity index (χ1v) is 6.80. The number of carbonyl (C=O) groups is 1. The first kappa shape index (κ1) is 14.4. The number of hydrogen-bond donors (Lipinski definition) is 3. The van der Waals surface area contributed by atoms with Gasteiger partial charge >= 0.3 is 0 Å². The number of nitrogen functional groups attached to an aromatic ring is 1. The van der Waals surface area contributed by atoms with E-state index >= 15 is 0 Å². The second kappa shape index (κ2) is 6.40. The number of hydrogen-bond acceptors (Lipinski definition) is 4. The molecule has 0 atom stereocenters. The average Bonchev–Trinajstić information content (AvgIpc) is 2.45. The Labute approximate surface area is 119 Å². The molecule has 104 valence electrons. The van der Waals surface area contributed by atoms with Gasteiger partial charge in [-0.1, -0.05) is 6.07 Å². The molecule has 4 N–H and O–H groups in total. The van der Waals surface area contributed by atoms with Crippen molar-refractivity contribution in [2.45, 2.75) is 10.6 Å². The average molecular weight is 292 g/mol. The van der Waals surface area contributed by atoms with E-state index in [1.165, 1.54) is 30.0 Å². The summed E-state index contributed by atoms with van der Waals surface area (Å²) in [6.45, 7) is 0. The summed E-state index contributed by atoms with van der Waals surface area (Å²) in [5.41, 5.74) is 2.72. The van der Waals surface area contributed by atoms with E-state index in [2.05, 4.69) is 0 Å². The minimum absolute atomic E-state index is 0.159. The van der Waals surface area contributed by atoms with Crippen molar-refractivity contribution in [2.75, 3.05) is 0 Å². The molecule has 2 aromatic carbocycles. The molecule has 0 aromatic heterocycles. The second-order valence-corrected chi connectivity index (χ2v) is 5.11. The maximum Gasteiger partial charge on any atom is 0.265 e. The molecule has 0 aliphatic rings. The van der Waals surface area contributed by atoms with Crippen LogP contribution in [0.2, 0.25) is 0 Å². The van der Waals surface area contributed by atoms with Gasteiger partial charge in [-0.3, -0.25) is 10.2 Å². The quantitative estimate of drug-likeness (QED) is 0.350. The zero-order chi connectivity index (χ0) is 14.5. The number of thioether (sulfide) groups is 1. The first-order chi connectivity index (χ1) is 9.60. The highest BCUT2D eigenvalue weighted by molar-refractivity contribution is 7.98. The highest BCUT2D eigenvalue weighted by Crippen LogP contribution is 2.27. The fourth-order valence-electron chi connectivity index (χ4n) is 1.64.